The summed E-state index contributed by atoms with van der Waals surface area (Å²) in [6.45, 7) is 1.65. The average Bonchev–Trinajstić information content (AvgIpc) is 2.78. The van der Waals surface area contributed by atoms with Gasteiger partial charge in [0.1, 0.15) is 16.4 Å². The van der Waals surface area contributed by atoms with E-state index >= 15 is 0 Å². The Morgan fingerprint density at radius 3 is 2.19 bits per heavy atom. The Morgan fingerprint density at radius 1 is 0.871 bits per heavy atom. The van der Waals surface area contributed by atoms with Crippen LogP contribution in [0, 0.1) is 6.92 Å². The molecule has 0 aliphatic carbocycles. The molecule has 31 heavy (non-hydrogen) atoms. The Labute approximate surface area is 181 Å². The Hall–Kier alpha value is -3.52. The number of benzene rings is 3. The fourth-order valence-corrected chi connectivity index (χ4v) is 4.57. The number of methoxy groups -OCH3 is 3. The van der Waals surface area contributed by atoms with Crippen molar-refractivity contribution in [3.63, 3.8) is 0 Å². The first-order valence-corrected chi connectivity index (χ1v) is 10.8. The number of esters is 1. The molecule has 3 aromatic carbocycles. The number of carbonyl (C=O) groups excluding carboxylic acids is 1. The van der Waals surface area contributed by atoms with Crippen LogP contribution in [0.3, 0.4) is 0 Å². The van der Waals surface area contributed by atoms with Gasteiger partial charge in [-0.15, -0.1) is 0 Å². The summed E-state index contributed by atoms with van der Waals surface area (Å²) in [4.78, 5) is 11.8. The molecule has 0 saturated heterocycles. The number of carbonyl (C=O) groups is 1. The predicted octanol–water partition coefficient (Wildman–Crippen LogP) is 4.27. The molecule has 0 radical (unpaired) electrons. The van der Waals surface area contributed by atoms with E-state index in [2.05, 4.69) is 4.72 Å². The zero-order valence-corrected chi connectivity index (χ0v) is 18.4. The molecule has 0 aromatic heterocycles. The highest BCUT2D eigenvalue weighted by molar-refractivity contribution is 7.92. The monoisotopic (exact) mass is 441 g/mol. The smallest absolute Gasteiger partial charge is 0.337 e. The summed E-state index contributed by atoms with van der Waals surface area (Å²) in [7, 11) is -0.0796. The molecule has 0 saturated carbocycles. The molecule has 0 heterocycles. The second-order valence-electron chi connectivity index (χ2n) is 6.70. The van der Waals surface area contributed by atoms with Gasteiger partial charge in [0.05, 0.1) is 32.6 Å². The SMILES string of the molecule is COC(=O)c1cc(C)c(OC)c(S(=O)(=O)Nc2cc(-c3ccccc3)ccc2OC)c1. The quantitative estimate of drug-likeness (QED) is 0.551. The van der Waals surface area contributed by atoms with E-state index in [1.807, 2.05) is 36.4 Å². The van der Waals surface area contributed by atoms with Gasteiger partial charge in [-0.1, -0.05) is 36.4 Å². The number of hydrogen-bond acceptors (Lipinski definition) is 6. The lowest BCUT2D eigenvalue weighted by Gasteiger charge is -2.17. The van der Waals surface area contributed by atoms with Crippen LogP contribution in [-0.2, 0) is 14.8 Å². The summed E-state index contributed by atoms with van der Waals surface area (Å²) in [5.41, 5.74) is 2.58. The van der Waals surface area contributed by atoms with Crippen LogP contribution in [0.15, 0.2) is 65.6 Å². The molecule has 0 unspecified atom stereocenters. The van der Waals surface area contributed by atoms with Gasteiger partial charge in [0.15, 0.2) is 0 Å². The van der Waals surface area contributed by atoms with Crippen molar-refractivity contribution in [1.29, 1.82) is 0 Å². The number of sulfonamides is 1. The van der Waals surface area contributed by atoms with Crippen LogP contribution in [-0.4, -0.2) is 35.7 Å². The second kappa shape index (κ2) is 9.09. The normalized spacial score (nSPS) is 11.0. The van der Waals surface area contributed by atoms with E-state index in [9.17, 15) is 13.2 Å². The van der Waals surface area contributed by atoms with Gasteiger partial charge >= 0.3 is 5.97 Å². The van der Waals surface area contributed by atoms with Crippen molar-refractivity contribution in [2.24, 2.45) is 0 Å². The minimum absolute atomic E-state index is 0.103. The standard InChI is InChI=1S/C23H23NO6S/c1-15-12-18(23(25)30-4)14-21(22(15)29-3)31(26,27)24-19-13-17(10-11-20(19)28-2)16-8-6-5-7-9-16/h5-14,24H,1-4H3. The zero-order valence-electron chi connectivity index (χ0n) is 17.6. The van der Waals surface area contributed by atoms with Gasteiger partial charge in [0.2, 0.25) is 0 Å². The van der Waals surface area contributed by atoms with Crippen LogP contribution in [0.1, 0.15) is 15.9 Å². The van der Waals surface area contributed by atoms with Crippen LogP contribution >= 0.6 is 0 Å². The van der Waals surface area contributed by atoms with Crippen LogP contribution in [0.5, 0.6) is 11.5 Å². The number of nitrogens with one attached hydrogen (secondary N) is 1. The summed E-state index contributed by atoms with van der Waals surface area (Å²) < 4.78 is 44.6. The molecule has 0 aliphatic rings. The number of anilines is 1. The Morgan fingerprint density at radius 2 is 1.58 bits per heavy atom. The fourth-order valence-electron chi connectivity index (χ4n) is 3.24. The third-order valence-electron chi connectivity index (χ3n) is 4.71. The van der Waals surface area contributed by atoms with Gasteiger partial charge in [-0.05, 0) is 47.9 Å². The van der Waals surface area contributed by atoms with E-state index in [-0.39, 0.29) is 21.9 Å². The highest BCUT2D eigenvalue weighted by Gasteiger charge is 2.25. The lowest BCUT2D eigenvalue weighted by Crippen LogP contribution is -2.16. The number of ether oxygens (including phenoxy) is 3. The maximum absolute atomic E-state index is 13.3. The van der Waals surface area contributed by atoms with E-state index < -0.39 is 16.0 Å². The first-order chi connectivity index (χ1) is 14.8. The first kappa shape index (κ1) is 22.2. The molecule has 0 atom stereocenters. The molecular weight excluding hydrogens is 418 g/mol. The molecule has 162 valence electrons. The van der Waals surface area contributed by atoms with E-state index in [1.165, 1.54) is 33.5 Å². The predicted molar refractivity (Wildman–Crippen MR) is 118 cm³/mol. The third-order valence-corrected chi connectivity index (χ3v) is 6.08. The average molecular weight is 442 g/mol. The fraction of sp³-hybridized carbons (Fsp3) is 0.174. The molecule has 1 N–H and O–H groups in total. The minimum Gasteiger partial charge on any atom is -0.495 e. The van der Waals surface area contributed by atoms with Gasteiger partial charge in [-0.2, -0.15) is 0 Å². The molecule has 3 aromatic rings. The molecule has 3 rings (SSSR count). The number of aryl methyl sites for hydroxylation is 1. The summed E-state index contributed by atoms with van der Waals surface area (Å²) in [5, 5.41) is 0. The maximum atomic E-state index is 13.3. The van der Waals surface area contributed by atoms with Crippen LogP contribution < -0.4 is 14.2 Å². The highest BCUT2D eigenvalue weighted by atomic mass is 32.2. The Bertz CT molecular complexity index is 1210. The summed E-state index contributed by atoms with van der Waals surface area (Å²) in [6.07, 6.45) is 0. The molecule has 8 heteroatoms. The number of hydrogen-bond donors (Lipinski definition) is 1. The van der Waals surface area contributed by atoms with E-state index in [0.29, 0.717) is 11.3 Å². The Balaban J connectivity index is 2.10. The topological polar surface area (TPSA) is 90.9 Å². The van der Waals surface area contributed by atoms with Crippen LogP contribution in [0.25, 0.3) is 11.1 Å². The maximum Gasteiger partial charge on any atom is 0.337 e. The van der Waals surface area contributed by atoms with Crippen molar-refractivity contribution in [2.45, 2.75) is 11.8 Å². The molecule has 0 aliphatic heterocycles. The lowest BCUT2D eigenvalue weighted by molar-refractivity contribution is 0.0600. The van der Waals surface area contributed by atoms with Gasteiger partial charge in [-0.3, -0.25) is 4.72 Å². The third kappa shape index (κ3) is 4.64. The molecule has 7 nitrogen and oxygen atoms in total. The summed E-state index contributed by atoms with van der Waals surface area (Å²) in [5.74, 6) is -0.160. The number of rotatable bonds is 7. The van der Waals surface area contributed by atoms with Gasteiger partial charge in [0, 0.05) is 0 Å². The lowest BCUT2D eigenvalue weighted by atomic mass is 10.1. The van der Waals surface area contributed by atoms with Crippen molar-refractivity contribution < 1.29 is 27.4 Å². The van der Waals surface area contributed by atoms with Crippen molar-refractivity contribution in [1.82, 2.24) is 0 Å². The first-order valence-electron chi connectivity index (χ1n) is 9.34. The van der Waals surface area contributed by atoms with Crippen molar-refractivity contribution >= 4 is 21.7 Å². The Kier molecular flexibility index (Phi) is 6.50. The van der Waals surface area contributed by atoms with Crippen LogP contribution in [0.4, 0.5) is 5.69 Å². The minimum atomic E-state index is -4.14. The van der Waals surface area contributed by atoms with Crippen molar-refractivity contribution in [3.05, 3.63) is 71.8 Å². The summed E-state index contributed by atoms with van der Waals surface area (Å²) in [6, 6.07) is 17.5. The van der Waals surface area contributed by atoms with Gasteiger partial charge in [0.25, 0.3) is 10.0 Å². The van der Waals surface area contributed by atoms with E-state index in [4.69, 9.17) is 14.2 Å². The largest absolute Gasteiger partial charge is 0.495 e. The second-order valence-corrected chi connectivity index (χ2v) is 8.35. The molecule has 0 spiro atoms. The van der Waals surface area contributed by atoms with E-state index in [0.717, 1.165) is 11.1 Å². The van der Waals surface area contributed by atoms with Gasteiger partial charge < -0.3 is 14.2 Å². The summed E-state index contributed by atoms with van der Waals surface area (Å²) >= 11 is 0. The highest BCUT2D eigenvalue weighted by Crippen LogP contribution is 2.35. The van der Waals surface area contributed by atoms with Crippen molar-refractivity contribution in [2.75, 3.05) is 26.1 Å². The zero-order chi connectivity index (χ0) is 22.6. The van der Waals surface area contributed by atoms with Gasteiger partial charge in [-0.25, -0.2) is 13.2 Å². The van der Waals surface area contributed by atoms with Crippen molar-refractivity contribution in [3.8, 4) is 22.6 Å². The van der Waals surface area contributed by atoms with Crippen LogP contribution in [0.2, 0.25) is 0 Å². The molecule has 0 bridgehead atoms. The molecule has 0 amide bonds. The molecule has 0 fully saturated rings. The van der Waals surface area contributed by atoms with E-state index in [1.54, 1.807) is 19.1 Å². The molecular formula is C23H23NO6S.